The van der Waals surface area contributed by atoms with Gasteiger partial charge in [-0.25, -0.2) is 13.2 Å². The third-order valence-electron chi connectivity index (χ3n) is 5.08. The molecule has 6 nitrogen and oxygen atoms in total. The van der Waals surface area contributed by atoms with Crippen LogP contribution < -0.4 is 16.4 Å². The number of carbonyl (C=O) groups excluding carboxylic acids is 1. The van der Waals surface area contributed by atoms with Gasteiger partial charge in [0, 0.05) is 17.7 Å². The third kappa shape index (κ3) is 3.00. The second-order valence-corrected chi connectivity index (χ2v) is 7.15. The maximum absolute atomic E-state index is 14.9. The number of amidine groups is 1. The summed E-state index contributed by atoms with van der Waals surface area (Å²) in [5, 5.41) is 0. The lowest BCUT2D eigenvalue weighted by Crippen LogP contribution is -2.51. The number of aliphatic imine (C=N–C) groups is 1. The van der Waals surface area contributed by atoms with Crippen LogP contribution in [0, 0.1) is 5.82 Å². The minimum absolute atomic E-state index is 0.0741. The molecule has 1 unspecified atom stereocenters. The highest BCUT2D eigenvalue weighted by Crippen LogP contribution is 2.43. The first kappa shape index (κ1) is 19.1. The molecule has 0 spiro atoms. The molecule has 146 valence electrons. The van der Waals surface area contributed by atoms with Crippen molar-refractivity contribution in [2.75, 3.05) is 4.90 Å². The number of alkyl halides is 2. The zero-order chi connectivity index (χ0) is 20.1. The number of benzene rings is 1. The molecule has 0 aliphatic carbocycles. The van der Waals surface area contributed by atoms with E-state index in [9.17, 15) is 18.0 Å². The Morgan fingerprint density at radius 1 is 1.41 bits per heavy atom. The van der Waals surface area contributed by atoms with Crippen molar-refractivity contribution in [1.82, 2.24) is 0 Å². The quantitative estimate of drug-likeness (QED) is 0.839. The number of hydrogen-bond acceptors (Lipinski definition) is 5. The largest absolute Gasteiger partial charge is 0.476 e. The molecule has 27 heavy (non-hydrogen) atoms. The predicted octanol–water partition coefficient (Wildman–Crippen LogP) is 2.38. The van der Waals surface area contributed by atoms with Gasteiger partial charge < -0.3 is 16.2 Å². The van der Waals surface area contributed by atoms with Crippen molar-refractivity contribution in [2.24, 2.45) is 16.5 Å². The molecular weight excluding hydrogens is 361 g/mol. The third-order valence-corrected chi connectivity index (χ3v) is 5.08. The summed E-state index contributed by atoms with van der Waals surface area (Å²) in [6.07, 6.45) is -1.71. The Hall–Kier alpha value is -2.71. The molecule has 4 N–H and O–H groups in total. The Kier molecular flexibility index (Phi) is 4.36. The summed E-state index contributed by atoms with van der Waals surface area (Å²) in [6, 6.07) is 3.88. The lowest BCUT2D eigenvalue weighted by molar-refractivity contribution is -0.114. The van der Waals surface area contributed by atoms with Crippen molar-refractivity contribution < 1.29 is 22.7 Å². The minimum Gasteiger partial charge on any atom is -0.476 e. The maximum Gasteiger partial charge on any atom is 0.268 e. The molecule has 0 bridgehead atoms. The summed E-state index contributed by atoms with van der Waals surface area (Å²) in [7, 11) is 0. The first-order chi connectivity index (χ1) is 12.5. The van der Waals surface area contributed by atoms with Gasteiger partial charge in [0.1, 0.15) is 35.3 Å². The van der Waals surface area contributed by atoms with E-state index in [1.165, 1.54) is 30.2 Å². The van der Waals surface area contributed by atoms with E-state index in [0.29, 0.717) is 5.69 Å². The van der Waals surface area contributed by atoms with Gasteiger partial charge in [-0.05, 0) is 39.0 Å². The highest BCUT2D eigenvalue weighted by atomic mass is 19.2. The predicted molar refractivity (Wildman–Crippen MR) is 94.7 cm³/mol. The number of anilines is 1. The molecule has 1 aromatic rings. The number of nitrogens with two attached hydrogens (primary N) is 2. The number of ether oxygens (including phenoxy) is 1. The standard InChI is InChI=1S/C18H21F3N4O2/c1-9-25(13(8-27-9)15(22)26)10-4-5-12(19)11(6-10)18(3)14(20)7-17(2,21)16(23)24-18/h4-6,8-9,14H,7H2,1-3H3,(H2,22,26)(H2,23,24)/t9?,14-,17+,18+/m0/s1. The van der Waals surface area contributed by atoms with Gasteiger partial charge in [-0.1, -0.05) is 0 Å². The molecule has 2 heterocycles. The molecule has 1 aromatic carbocycles. The summed E-state index contributed by atoms with van der Waals surface area (Å²) >= 11 is 0. The van der Waals surface area contributed by atoms with E-state index in [2.05, 4.69) is 4.99 Å². The Bertz CT molecular complexity index is 855. The van der Waals surface area contributed by atoms with Gasteiger partial charge in [0.2, 0.25) is 0 Å². The summed E-state index contributed by atoms with van der Waals surface area (Å²) < 4.78 is 49.1. The molecule has 0 saturated heterocycles. The monoisotopic (exact) mass is 382 g/mol. The number of amides is 1. The Labute approximate surface area is 154 Å². The Morgan fingerprint density at radius 2 is 2.07 bits per heavy atom. The molecular formula is C18H21F3N4O2. The van der Waals surface area contributed by atoms with E-state index in [-0.39, 0.29) is 17.1 Å². The molecule has 0 radical (unpaired) electrons. The molecule has 0 aromatic heterocycles. The smallest absolute Gasteiger partial charge is 0.268 e. The van der Waals surface area contributed by atoms with Crippen molar-refractivity contribution >= 4 is 17.4 Å². The van der Waals surface area contributed by atoms with E-state index >= 15 is 0 Å². The van der Waals surface area contributed by atoms with Gasteiger partial charge in [-0.15, -0.1) is 0 Å². The lowest BCUT2D eigenvalue weighted by Gasteiger charge is -2.39. The Balaban J connectivity index is 2.11. The van der Waals surface area contributed by atoms with E-state index in [4.69, 9.17) is 16.2 Å². The number of rotatable bonds is 3. The van der Waals surface area contributed by atoms with Crippen LogP contribution in [0.2, 0.25) is 0 Å². The summed E-state index contributed by atoms with van der Waals surface area (Å²) in [5.41, 5.74) is 7.53. The number of nitrogens with zero attached hydrogens (tertiary/aromatic N) is 2. The molecule has 4 atom stereocenters. The van der Waals surface area contributed by atoms with E-state index in [0.717, 1.165) is 13.0 Å². The van der Waals surface area contributed by atoms with Gasteiger partial charge in [0.25, 0.3) is 5.91 Å². The van der Waals surface area contributed by atoms with Crippen LogP contribution in [0.15, 0.2) is 35.2 Å². The van der Waals surface area contributed by atoms with Gasteiger partial charge >= 0.3 is 0 Å². The fourth-order valence-corrected chi connectivity index (χ4v) is 3.36. The van der Waals surface area contributed by atoms with Crippen LogP contribution in [-0.2, 0) is 15.1 Å². The molecule has 0 fully saturated rings. The molecule has 2 aliphatic rings. The first-order valence-corrected chi connectivity index (χ1v) is 8.41. The van der Waals surface area contributed by atoms with Crippen molar-refractivity contribution in [3.8, 4) is 0 Å². The molecule has 0 saturated carbocycles. The van der Waals surface area contributed by atoms with Crippen LogP contribution in [0.25, 0.3) is 0 Å². The van der Waals surface area contributed by atoms with Crippen molar-refractivity contribution in [2.45, 2.75) is 50.8 Å². The van der Waals surface area contributed by atoms with E-state index in [1.54, 1.807) is 6.92 Å². The summed E-state index contributed by atoms with van der Waals surface area (Å²) in [6.45, 7) is 4.16. The van der Waals surface area contributed by atoms with Crippen molar-refractivity contribution in [3.05, 3.63) is 41.5 Å². The topological polar surface area (TPSA) is 93.9 Å². The molecule has 3 rings (SSSR count). The molecule has 9 heteroatoms. The fraction of sp³-hybridized carbons (Fsp3) is 0.444. The number of primary amides is 1. The first-order valence-electron chi connectivity index (χ1n) is 8.41. The highest BCUT2D eigenvalue weighted by Gasteiger charge is 2.49. The molecule has 2 aliphatic heterocycles. The average Bonchev–Trinajstić information content (AvgIpc) is 2.95. The van der Waals surface area contributed by atoms with Gasteiger partial charge in [-0.3, -0.25) is 14.7 Å². The Morgan fingerprint density at radius 3 is 2.70 bits per heavy atom. The van der Waals surface area contributed by atoms with Crippen LogP contribution in [0.4, 0.5) is 18.9 Å². The molecule has 1 amide bonds. The van der Waals surface area contributed by atoms with Crippen LogP contribution in [0.3, 0.4) is 0 Å². The van der Waals surface area contributed by atoms with Crippen LogP contribution >= 0.6 is 0 Å². The fourth-order valence-electron chi connectivity index (χ4n) is 3.36. The van der Waals surface area contributed by atoms with Crippen molar-refractivity contribution in [3.63, 3.8) is 0 Å². The SMILES string of the molecule is CC1OC=C(C(N)=O)N1c1ccc(F)c([C@@]2(C)N=C(N)[C@](C)(F)C[C@@H]2F)c1. The van der Waals surface area contributed by atoms with Crippen LogP contribution in [-0.4, -0.2) is 29.8 Å². The number of hydrogen-bond donors (Lipinski definition) is 2. The highest BCUT2D eigenvalue weighted by molar-refractivity contribution is 5.96. The van der Waals surface area contributed by atoms with Crippen LogP contribution in [0.5, 0.6) is 0 Å². The zero-order valence-corrected chi connectivity index (χ0v) is 15.2. The average molecular weight is 382 g/mol. The number of carbonyl (C=O) groups is 1. The minimum atomic E-state index is -2.10. The van der Waals surface area contributed by atoms with Crippen molar-refractivity contribution in [1.29, 1.82) is 0 Å². The second kappa shape index (κ2) is 6.17. The normalized spacial score (nSPS) is 33.3. The number of halogens is 3. The van der Waals surface area contributed by atoms with Gasteiger partial charge in [-0.2, -0.15) is 0 Å². The zero-order valence-electron chi connectivity index (χ0n) is 15.2. The van der Waals surface area contributed by atoms with E-state index < -0.39 is 41.8 Å². The van der Waals surface area contributed by atoms with Gasteiger partial charge in [0.15, 0.2) is 11.9 Å². The summed E-state index contributed by atoms with van der Waals surface area (Å²) in [4.78, 5) is 17.1. The summed E-state index contributed by atoms with van der Waals surface area (Å²) in [5.74, 6) is -1.84. The van der Waals surface area contributed by atoms with Crippen LogP contribution in [0.1, 0.15) is 32.8 Å². The van der Waals surface area contributed by atoms with E-state index in [1.807, 2.05) is 0 Å². The second-order valence-electron chi connectivity index (χ2n) is 7.15. The maximum atomic E-state index is 14.9. The lowest BCUT2D eigenvalue weighted by atomic mass is 9.79. The van der Waals surface area contributed by atoms with Gasteiger partial charge in [0.05, 0.1) is 0 Å².